The van der Waals surface area contributed by atoms with Gasteiger partial charge in [0.15, 0.2) is 9.84 Å². The van der Waals surface area contributed by atoms with E-state index in [2.05, 4.69) is 5.32 Å². The van der Waals surface area contributed by atoms with Gasteiger partial charge in [0, 0.05) is 30.0 Å². The zero-order valence-electron chi connectivity index (χ0n) is 20.6. The number of rotatable bonds is 7. The van der Waals surface area contributed by atoms with Crippen LogP contribution in [0.2, 0.25) is 0 Å². The van der Waals surface area contributed by atoms with E-state index in [4.69, 9.17) is 0 Å². The van der Waals surface area contributed by atoms with Gasteiger partial charge in [-0.05, 0) is 69.0 Å². The van der Waals surface area contributed by atoms with Crippen LogP contribution in [0.4, 0.5) is 13.2 Å². The van der Waals surface area contributed by atoms with Gasteiger partial charge in [0.2, 0.25) is 5.43 Å². The Morgan fingerprint density at radius 1 is 1.11 bits per heavy atom. The minimum absolute atomic E-state index is 0.0297. The molecule has 1 aliphatic rings. The summed E-state index contributed by atoms with van der Waals surface area (Å²) in [6, 6.07) is 10.5. The molecule has 10 heteroatoms. The molecule has 0 radical (unpaired) electrons. The molecule has 3 aromatic rings. The van der Waals surface area contributed by atoms with Gasteiger partial charge in [-0.3, -0.25) is 9.59 Å². The number of carbonyl (C=O) groups excluding carboxylic acids is 1. The third-order valence-electron chi connectivity index (χ3n) is 6.44. The first-order valence-corrected chi connectivity index (χ1v) is 13.4. The Hall–Kier alpha value is -3.40. The molecule has 4 rings (SSSR count). The van der Waals surface area contributed by atoms with Crippen molar-refractivity contribution in [2.24, 2.45) is 0 Å². The monoisotopic (exact) mass is 532 g/mol. The molecule has 2 aromatic carbocycles. The number of sulfone groups is 1. The highest BCUT2D eigenvalue weighted by Crippen LogP contribution is 2.34. The highest BCUT2D eigenvalue weighted by Gasteiger charge is 2.36. The number of aromatic nitrogens is 1. The normalized spacial score (nSPS) is 14.1. The number of nitrogens with one attached hydrogen (secondary N) is 1. The highest BCUT2D eigenvalue weighted by molar-refractivity contribution is 7.92. The van der Waals surface area contributed by atoms with Crippen LogP contribution in [0.3, 0.4) is 0 Å². The Morgan fingerprint density at radius 3 is 2.32 bits per heavy atom. The maximum atomic E-state index is 13.4. The summed E-state index contributed by atoms with van der Waals surface area (Å²) in [5, 5.41) is 2.34. The van der Waals surface area contributed by atoms with Gasteiger partial charge in [-0.1, -0.05) is 24.3 Å². The first kappa shape index (κ1) is 26.7. The van der Waals surface area contributed by atoms with E-state index in [0.29, 0.717) is 24.1 Å². The summed E-state index contributed by atoms with van der Waals surface area (Å²) in [4.78, 5) is 26.7. The minimum Gasteiger partial charge on any atom is -0.348 e. The van der Waals surface area contributed by atoms with Gasteiger partial charge in [-0.25, -0.2) is 8.42 Å². The molecule has 0 aliphatic heterocycles. The van der Waals surface area contributed by atoms with E-state index in [1.807, 2.05) is 13.8 Å². The number of alkyl halides is 3. The summed E-state index contributed by atoms with van der Waals surface area (Å²) in [6.07, 6.45) is -1.84. The first-order chi connectivity index (χ1) is 17.3. The molecule has 1 N–H and O–H groups in total. The number of benzene rings is 2. The van der Waals surface area contributed by atoms with Crippen LogP contribution in [0.1, 0.15) is 59.9 Å². The van der Waals surface area contributed by atoms with Crippen LogP contribution < -0.4 is 10.7 Å². The molecule has 0 bridgehead atoms. The van der Waals surface area contributed by atoms with Gasteiger partial charge in [0.1, 0.15) is 5.56 Å². The molecular formula is C27H27F3N2O4S. The number of hydrogen-bond acceptors (Lipinski definition) is 4. The van der Waals surface area contributed by atoms with Crippen molar-refractivity contribution in [2.75, 3.05) is 0 Å². The van der Waals surface area contributed by atoms with Crippen LogP contribution in [0.25, 0.3) is 11.1 Å². The Labute approximate surface area is 213 Å². The summed E-state index contributed by atoms with van der Waals surface area (Å²) in [7, 11) is -3.32. The maximum Gasteiger partial charge on any atom is 0.416 e. The Bertz CT molecular complexity index is 1500. The van der Waals surface area contributed by atoms with Gasteiger partial charge >= 0.3 is 6.18 Å². The molecule has 0 unspecified atom stereocenters. The van der Waals surface area contributed by atoms with Gasteiger partial charge in [0.05, 0.1) is 15.7 Å². The second-order valence-electron chi connectivity index (χ2n) is 9.48. The van der Waals surface area contributed by atoms with Crippen LogP contribution in [0.5, 0.6) is 0 Å². The zero-order valence-corrected chi connectivity index (χ0v) is 21.4. The molecule has 196 valence electrons. The smallest absolute Gasteiger partial charge is 0.348 e. The van der Waals surface area contributed by atoms with Crippen molar-refractivity contribution in [3.8, 4) is 11.1 Å². The number of amides is 1. The van der Waals surface area contributed by atoms with Gasteiger partial charge in [0.25, 0.3) is 5.91 Å². The maximum absolute atomic E-state index is 13.4. The van der Waals surface area contributed by atoms with Crippen molar-refractivity contribution in [1.29, 1.82) is 0 Å². The summed E-state index contributed by atoms with van der Waals surface area (Å²) < 4.78 is 66.4. The third-order valence-corrected chi connectivity index (χ3v) is 8.71. The van der Waals surface area contributed by atoms with Crippen molar-refractivity contribution >= 4 is 15.7 Å². The van der Waals surface area contributed by atoms with Crippen LogP contribution in [-0.4, -0.2) is 24.1 Å². The summed E-state index contributed by atoms with van der Waals surface area (Å²) in [5.41, 5.74) is -0.560. The standard InChI is InChI=1S/C27H27F3N2O4S/c1-16(2)32-15-23(25(33)24(17(32)3)19-5-4-6-20(13-19)27(28,29)30)26(34)31-14-18-7-9-21(10-8-18)37(35,36)22-11-12-22/h4-10,13,15-16,22H,11-12,14H2,1-3H3,(H,31,34). The summed E-state index contributed by atoms with van der Waals surface area (Å²) in [5.74, 6) is -0.678. The van der Waals surface area contributed by atoms with E-state index >= 15 is 0 Å². The fraction of sp³-hybridized carbons (Fsp3) is 0.333. The lowest BCUT2D eigenvalue weighted by Gasteiger charge is -2.20. The Morgan fingerprint density at radius 2 is 1.76 bits per heavy atom. The number of pyridine rings is 1. The predicted molar refractivity (Wildman–Crippen MR) is 134 cm³/mol. The van der Waals surface area contributed by atoms with Crippen LogP contribution in [0, 0.1) is 6.92 Å². The predicted octanol–water partition coefficient (Wildman–Crippen LogP) is 5.29. The van der Waals surface area contributed by atoms with Gasteiger partial charge in [-0.15, -0.1) is 0 Å². The van der Waals surface area contributed by atoms with Crippen molar-refractivity contribution in [3.63, 3.8) is 0 Å². The molecule has 1 heterocycles. The molecule has 1 fully saturated rings. The van der Waals surface area contributed by atoms with E-state index < -0.39 is 32.9 Å². The largest absolute Gasteiger partial charge is 0.416 e. The Kier molecular flexibility index (Phi) is 7.07. The first-order valence-electron chi connectivity index (χ1n) is 11.8. The molecule has 6 nitrogen and oxygen atoms in total. The Balaban J connectivity index is 1.64. The van der Waals surface area contributed by atoms with Crippen molar-refractivity contribution < 1.29 is 26.4 Å². The van der Waals surface area contributed by atoms with Crippen LogP contribution in [-0.2, 0) is 22.6 Å². The third kappa shape index (κ3) is 5.49. The number of carbonyl (C=O) groups is 1. The SMILES string of the molecule is Cc1c(-c2cccc(C(F)(F)F)c2)c(=O)c(C(=O)NCc2ccc(S(=O)(=O)C3CC3)cc2)cn1C(C)C. The highest BCUT2D eigenvalue weighted by atomic mass is 32.2. The average Bonchev–Trinajstić information content (AvgIpc) is 3.69. The topological polar surface area (TPSA) is 85.2 Å². The van der Waals surface area contributed by atoms with Crippen LogP contribution in [0.15, 0.2) is 64.4 Å². The van der Waals surface area contributed by atoms with E-state index in [9.17, 15) is 31.2 Å². The van der Waals surface area contributed by atoms with Crippen LogP contribution >= 0.6 is 0 Å². The molecule has 0 atom stereocenters. The molecule has 37 heavy (non-hydrogen) atoms. The second-order valence-corrected chi connectivity index (χ2v) is 11.7. The quantitative estimate of drug-likeness (QED) is 0.448. The van der Waals surface area contributed by atoms with E-state index in [-0.39, 0.29) is 39.4 Å². The molecule has 1 amide bonds. The van der Waals surface area contributed by atoms with E-state index in [0.717, 1.165) is 12.1 Å². The molecule has 0 saturated heterocycles. The molecule has 0 spiro atoms. The van der Waals surface area contributed by atoms with E-state index in [1.54, 1.807) is 23.6 Å². The molecule has 1 saturated carbocycles. The number of halogens is 3. The van der Waals surface area contributed by atoms with Gasteiger partial charge in [-0.2, -0.15) is 13.2 Å². The lowest BCUT2D eigenvalue weighted by molar-refractivity contribution is -0.137. The summed E-state index contributed by atoms with van der Waals surface area (Å²) in [6.45, 7) is 5.35. The molecule has 1 aromatic heterocycles. The lowest BCUT2D eigenvalue weighted by Crippen LogP contribution is -2.31. The minimum atomic E-state index is -4.58. The molecule has 1 aliphatic carbocycles. The van der Waals surface area contributed by atoms with Crippen molar-refractivity contribution in [2.45, 2.75) is 62.5 Å². The molecular weight excluding hydrogens is 505 g/mol. The van der Waals surface area contributed by atoms with Crippen molar-refractivity contribution in [3.05, 3.63) is 87.3 Å². The number of hydrogen-bond donors (Lipinski definition) is 1. The number of nitrogens with zero attached hydrogens (tertiary/aromatic N) is 1. The fourth-order valence-corrected chi connectivity index (χ4v) is 5.91. The zero-order chi connectivity index (χ0) is 27.1. The lowest BCUT2D eigenvalue weighted by atomic mass is 9.98. The van der Waals surface area contributed by atoms with Gasteiger partial charge < -0.3 is 9.88 Å². The second kappa shape index (κ2) is 9.81. The van der Waals surface area contributed by atoms with Crippen molar-refractivity contribution in [1.82, 2.24) is 9.88 Å². The van der Waals surface area contributed by atoms with E-state index in [1.165, 1.54) is 30.5 Å². The average molecular weight is 533 g/mol. The fourth-order valence-electron chi connectivity index (χ4n) is 4.26. The summed E-state index contributed by atoms with van der Waals surface area (Å²) >= 11 is 0.